The lowest BCUT2D eigenvalue weighted by molar-refractivity contribution is 0.171. The lowest BCUT2D eigenvalue weighted by Gasteiger charge is -2.34. The molecule has 0 aliphatic rings. The number of hydrogen-bond donors (Lipinski definition) is 2. The summed E-state index contributed by atoms with van der Waals surface area (Å²) in [7, 11) is 0. The van der Waals surface area contributed by atoms with Crippen LogP contribution in [0.1, 0.15) is 44.7 Å². The maximum Gasteiger partial charge on any atom is 0.0540 e. The number of aliphatic hydroxyl groups is 1. The van der Waals surface area contributed by atoms with E-state index in [0.717, 1.165) is 18.4 Å². The van der Waals surface area contributed by atoms with Gasteiger partial charge in [-0.15, -0.1) is 0 Å². The smallest absolute Gasteiger partial charge is 0.0540 e. The SMILES string of the molecule is Cc1ccc(C(CN)(CO)CCC(C)(C)C)cc1. The van der Waals surface area contributed by atoms with Gasteiger partial charge in [-0.3, -0.25) is 0 Å². The van der Waals surface area contributed by atoms with E-state index in [1.165, 1.54) is 5.56 Å². The van der Waals surface area contributed by atoms with E-state index in [4.69, 9.17) is 5.73 Å². The minimum atomic E-state index is -0.291. The molecule has 0 aliphatic carbocycles. The Kier molecular flexibility index (Phi) is 4.94. The third kappa shape index (κ3) is 3.82. The number of nitrogens with two attached hydrogens (primary N) is 1. The normalized spacial score (nSPS) is 15.4. The summed E-state index contributed by atoms with van der Waals surface area (Å²) in [5.41, 5.74) is 8.32. The van der Waals surface area contributed by atoms with Crippen molar-refractivity contribution in [3.05, 3.63) is 35.4 Å². The molecule has 0 saturated carbocycles. The zero-order chi connectivity index (χ0) is 13.8. The fourth-order valence-corrected chi connectivity index (χ4v) is 2.12. The first-order valence-corrected chi connectivity index (χ1v) is 6.71. The molecular formula is C16H27NO. The van der Waals surface area contributed by atoms with Gasteiger partial charge in [-0.25, -0.2) is 0 Å². The monoisotopic (exact) mass is 249 g/mol. The van der Waals surface area contributed by atoms with Gasteiger partial charge in [0.2, 0.25) is 0 Å². The van der Waals surface area contributed by atoms with E-state index in [2.05, 4.69) is 52.0 Å². The lowest BCUT2D eigenvalue weighted by atomic mass is 9.73. The van der Waals surface area contributed by atoms with Crippen molar-refractivity contribution in [1.29, 1.82) is 0 Å². The maximum atomic E-state index is 9.82. The third-order valence-electron chi connectivity index (χ3n) is 3.71. The molecule has 0 fully saturated rings. The van der Waals surface area contributed by atoms with Crippen LogP contribution in [0.2, 0.25) is 0 Å². The summed E-state index contributed by atoms with van der Waals surface area (Å²) in [6.07, 6.45) is 1.98. The summed E-state index contributed by atoms with van der Waals surface area (Å²) >= 11 is 0. The Bertz CT molecular complexity index is 358. The van der Waals surface area contributed by atoms with Crippen LogP contribution in [0, 0.1) is 12.3 Å². The molecule has 0 radical (unpaired) electrons. The van der Waals surface area contributed by atoms with Crippen LogP contribution < -0.4 is 5.73 Å². The predicted molar refractivity (Wildman–Crippen MR) is 77.7 cm³/mol. The largest absolute Gasteiger partial charge is 0.395 e. The van der Waals surface area contributed by atoms with Crippen LogP contribution in [-0.4, -0.2) is 18.3 Å². The fourth-order valence-electron chi connectivity index (χ4n) is 2.12. The van der Waals surface area contributed by atoms with Crippen molar-refractivity contribution in [3.8, 4) is 0 Å². The molecule has 0 heterocycles. The molecule has 1 unspecified atom stereocenters. The Hall–Kier alpha value is -0.860. The van der Waals surface area contributed by atoms with Crippen molar-refractivity contribution in [3.63, 3.8) is 0 Å². The second kappa shape index (κ2) is 5.85. The first kappa shape index (κ1) is 15.2. The van der Waals surface area contributed by atoms with Gasteiger partial charge in [0.05, 0.1) is 6.61 Å². The van der Waals surface area contributed by atoms with Crippen LogP contribution in [0.25, 0.3) is 0 Å². The summed E-state index contributed by atoms with van der Waals surface area (Å²) in [6, 6.07) is 8.38. The van der Waals surface area contributed by atoms with Gasteiger partial charge in [0.1, 0.15) is 0 Å². The summed E-state index contributed by atoms with van der Waals surface area (Å²) in [5, 5.41) is 9.82. The Morgan fingerprint density at radius 1 is 1.06 bits per heavy atom. The minimum absolute atomic E-state index is 0.114. The van der Waals surface area contributed by atoms with E-state index >= 15 is 0 Å². The van der Waals surface area contributed by atoms with Crippen LogP contribution in [0.3, 0.4) is 0 Å². The Morgan fingerprint density at radius 2 is 1.61 bits per heavy atom. The summed E-state index contributed by atoms with van der Waals surface area (Å²) in [5.74, 6) is 0. The molecule has 2 nitrogen and oxygen atoms in total. The van der Waals surface area contributed by atoms with Crippen molar-refractivity contribution in [1.82, 2.24) is 0 Å². The van der Waals surface area contributed by atoms with Gasteiger partial charge in [0, 0.05) is 12.0 Å². The second-order valence-electron chi connectivity index (χ2n) is 6.57. The zero-order valence-corrected chi connectivity index (χ0v) is 12.2. The average Bonchev–Trinajstić information content (AvgIpc) is 2.32. The molecule has 18 heavy (non-hydrogen) atoms. The molecule has 2 heteroatoms. The molecule has 0 spiro atoms. The Balaban J connectivity index is 2.95. The van der Waals surface area contributed by atoms with Crippen LogP contribution in [0.15, 0.2) is 24.3 Å². The van der Waals surface area contributed by atoms with Crippen molar-refractivity contribution >= 4 is 0 Å². The van der Waals surface area contributed by atoms with Gasteiger partial charge >= 0.3 is 0 Å². The minimum Gasteiger partial charge on any atom is -0.395 e. The van der Waals surface area contributed by atoms with Gasteiger partial charge in [0.15, 0.2) is 0 Å². The van der Waals surface area contributed by atoms with Crippen molar-refractivity contribution in [2.24, 2.45) is 11.1 Å². The zero-order valence-electron chi connectivity index (χ0n) is 12.2. The van der Waals surface area contributed by atoms with Crippen LogP contribution in [0.4, 0.5) is 0 Å². The number of aliphatic hydroxyl groups excluding tert-OH is 1. The second-order valence-corrected chi connectivity index (χ2v) is 6.57. The van der Waals surface area contributed by atoms with Crippen LogP contribution >= 0.6 is 0 Å². The van der Waals surface area contributed by atoms with E-state index < -0.39 is 0 Å². The highest BCUT2D eigenvalue weighted by Gasteiger charge is 2.31. The number of rotatable bonds is 5. The van der Waals surface area contributed by atoms with Gasteiger partial charge in [-0.2, -0.15) is 0 Å². The first-order valence-electron chi connectivity index (χ1n) is 6.71. The van der Waals surface area contributed by atoms with E-state index in [1.807, 2.05) is 0 Å². The molecule has 0 aromatic heterocycles. The average molecular weight is 249 g/mol. The third-order valence-corrected chi connectivity index (χ3v) is 3.71. The highest BCUT2D eigenvalue weighted by Crippen LogP contribution is 2.33. The topological polar surface area (TPSA) is 46.2 Å². The quantitative estimate of drug-likeness (QED) is 0.842. The Morgan fingerprint density at radius 3 is 2.00 bits per heavy atom. The molecule has 102 valence electrons. The van der Waals surface area contributed by atoms with E-state index in [0.29, 0.717) is 6.54 Å². The standard InChI is InChI=1S/C16H27NO/c1-13-5-7-14(8-6-13)16(11-17,12-18)10-9-15(2,3)4/h5-8,18H,9-12,17H2,1-4H3. The van der Waals surface area contributed by atoms with E-state index in [-0.39, 0.29) is 17.4 Å². The molecule has 3 N–H and O–H groups in total. The van der Waals surface area contributed by atoms with Crippen molar-refractivity contribution < 1.29 is 5.11 Å². The molecule has 1 aromatic carbocycles. The van der Waals surface area contributed by atoms with Gasteiger partial charge < -0.3 is 10.8 Å². The highest BCUT2D eigenvalue weighted by molar-refractivity contribution is 5.29. The molecule has 0 aliphatic heterocycles. The molecule has 1 aromatic rings. The summed E-state index contributed by atoms with van der Waals surface area (Å²) < 4.78 is 0. The molecule has 0 bridgehead atoms. The van der Waals surface area contributed by atoms with Crippen LogP contribution in [0.5, 0.6) is 0 Å². The first-order chi connectivity index (χ1) is 8.33. The maximum absolute atomic E-state index is 9.82. The molecular weight excluding hydrogens is 222 g/mol. The predicted octanol–water partition coefficient (Wildman–Crippen LogP) is 3.01. The number of hydrogen-bond acceptors (Lipinski definition) is 2. The van der Waals surface area contributed by atoms with E-state index in [9.17, 15) is 5.11 Å². The van der Waals surface area contributed by atoms with Gasteiger partial charge in [-0.05, 0) is 30.7 Å². The van der Waals surface area contributed by atoms with Crippen LogP contribution in [-0.2, 0) is 5.41 Å². The molecule has 0 amide bonds. The van der Waals surface area contributed by atoms with Crippen molar-refractivity contribution in [2.45, 2.75) is 46.0 Å². The van der Waals surface area contributed by atoms with E-state index in [1.54, 1.807) is 0 Å². The molecule has 1 atom stereocenters. The lowest BCUT2D eigenvalue weighted by Crippen LogP contribution is -2.39. The molecule has 1 rings (SSSR count). The van der Waals surface area contributed by atoms with Gasteiger partial charge in [-0.1, -0.05) is 50.6 Å². The van der Waals surface area contributed by atoms with Crippen molar-refractivity contribution in [2.75, 3.05) is 13.2 Å². The number of aryl methyl sites for hydroxylation is 1. The molecule has 0 saturated heterocycles. The Labute approximate surface area is 111 Å². The summed E-state index contributed by atoms with van der Waals surface area (Å²) in [4.78, 5) is 0. The summed E-state index contributed by atoms with van der Waals surface area (Å²) in [6.45, 7) is 9.34. The number of benzene rings is 1. The van der Waals surface area contributed by atoms with Gasteiger partial charge in [0.25, 0.3) is 0 Å². The fraction of sp³-hybridized carbons (Fsp3) is 0.625. The highest BCUT2D eigenvalue weighted by atomic mass is 16.3.